The molecule has 40 heavy (non-hydrogen) atoms. The monoisotopic (exact) mass is 575 g/mol. The zero-order valence-electron chi connectivity index (χ0n) is 22.7. The number of nitrogens with zero attached hydrogens (tertiary/aromatic N) is 2. The van der Waals surface area contributed by atoms with E-state index in [1.165, 1.54) is 30.1 Å². The van der Waals surface area contributed by atoms with Crippen molar-refractivity contribution in [3.8, 4) is 0 Å². The predicted octanol–water partition coefficient (Wildman–Crippen LogP) is 5.07. The molecule has 3 aromatic rings. The van der Waals surface area contributed by atoms with E-state index in [-0.39, 0.29) is 23.5 Å². The molecule has 0 spiro atoms. The summed E-state index contributed by atoms with van der Waals surface area (Å²) in [6.45, 7) is 4.49. The van der Waals surface area contributed by atoms with E-state index < -0.39 is 46.2 Å². The molecule has 11 heteroatoms. The highest BCUT2D eigenvalue weighted by Crippen LogP contribution is 2.33. The number of benzene rings is 3. The maximum atomic E-state index is 13.9. The largest absolute Gasteiger partial charge is 0.416 e. The van der Waals surface area contributed by atoms with Crippen LogP contribution in [0.2, 0.25) is 0 Å². The first-order chi connectivity index (χ1) is 18.8. The summed E-state index contributed by atoms with van der Waals surface area (Å²) in [4.78, 5) is 27.7. The average Bonchev–Trinajstić information content (AvgIpc) is 2.92. The lowest BCUT2D eigenvalue weighted by Gasteiger charge is -2.33. The maximum absolute atomic E-state index is 13.9. The Kier molecular flexibility index (Phi) is 9.62. The highest BCUT2D eigenvalue weighted by atomic mass is 32.2. The van der Waals surface area contributed by atoms with E-state index in [2.05, 4.69) is 5.32 Å². The molecule has 0 radical (unpaired) electrons. The molecule has 0 saturated carbocycles. The summed E-state index contributed by atoms with van der Waals surface area (Å²) >= 11 is 0. The summed E-state index contributed by atoms with van der Waals surface area (Å²) in [7, 11) is -3.05. The van der Waals surface area contributed by atoms with E-state index in [1.54, 1.807) is 38.1 Å². The Hall–Kier alpha value is -3.86. The Balaban J connectivity index is 2.13. The minimum atomic E-state index is -4.73. The van der Waals surface area contributed by atoms with Gasteiger partial charge in [-0.2, -0.15) is 13.2 Å². The third kappa shape index (κ3) is 7.01. The topological polar surface area (TPSA) is 86.8 Å². The first-order valence-corrected chi connectivity index (χ1v) is 14.1. The molecule has 1 atom stereocenters. The molecule has 7 nitrogen and oxygen atoms in total. The number of alkyl halides is 3. The summed E-state index contributed by atoms with van der Waals surface area (Å²) in [5.41, 5.74) is 0.989. The highest BCUT2D eigenvalue weighted by Gasteiger charge is 2.35. The van der Waals surface area contributed by atoms with Crippen LogP contribution in [-0.4, -0.2) is 44.8 Å². The van der Waals surface area contributed by atoms with Crippen molar-refractivity contribution in [1.82, 2.24) is 10.2 Å². The first-order valence-electron chi connectivity index (χ1n) is 12.6. The van der Waals surface area contributed by atoms with Crippen LogP contribution in [-0.2, 0) is 32.3 Å². The lowest BCUT2D eigenvalue weighted by atomic mass is 10.1. The molecular formula is C29H32F3N3O4S. The fraction of sp³-hybridized carbons (Fsp3) is 0.310. The molecule has 0 bridgehead atoms. The molecule has 0 aromatic heterocycles. The fourth-order valence-electron chi connectivity index (χ4n) is 4.26. The number of rotatable bonds is 10. The number of aryl methyl sites for hydroxylation is 2. The quantitative estimate of drug-likeness (QED) is 0.366. The SMILES string of the molecule is CCC(C(=O)NC)N(Cc1ccccc1C)C(=O)CN(c1cccc(C(F)(F)F)c1)S(=O)(=O)c1ccc(C)cc1. The normalized spacial score (nSPS) is 12.5. The first kappa shape index (κ1) is 30.7. The number of likely N-dealkylation sites (N-methyl/N-ethyl adjacent to an activating group) is 1. The Bertz CT molecular complexity index is 1460. The summed E-state index contributed by atoms with van der Waals surface area (Å²) in [6, 6.07) is 15.9. The van der Waals surface area contributed by atoms with E-state index in [9.17, 15) is 31.2 Å². The summed E-state index contributed by atoms with van der Waals surface area (Å²) in [6.07, 6.45) is -4.51. The third-order valence-corrected chi connectivity index (χ3v) is 8.37. The molecule has 2 amide bonds. The van der Waals surface area contributed by atoms with Crippen molar-refractivity contribution in [2.45, 2.75) is 50.9 Å². The number of nitrogens with one attached hydrogen (secondary N) is 1. The molecule has 0 aliphatic rings. The van der Waals surface area contributed by atoms with Gasteiger partial charge in [0.2, 0.25) is 11.8 Å². The van der Waals surface area contributed by atoms with Crippen LogP contribution in [0.3, 0.4) is 0 Å². The number of hydrogen-bond acceptors (Lipinski definition) is 4. The lowest BCUT2D eigenvalue weighted by molar-refractivity contribution is -0.140. The molecule has 0 heterocycles. The smallest absolute Gasteiger partial charge is 0.357 e. The van der Waals surface area contributed by atoms with Crippen LogP contribution in [0.1, 0.15) is 35.6 Å². The van der Waals surface area contributed by atoms with Crippen LogP contribution in [0.25, 0.3) is 0 Å². The second-order valence-corrected chi connectivity index (χ2v) is 11.2. The van der Waals surface area contributed by atoms with Crippen molar-refractivity contribution in [3.63, 3.8) is 0 Å². The molecule has 3 rings (SSSR count). The standard InChI is InChI=1S/C29H32F3N3O4S/c1-5-26(28(37)33-4)34(18-22-10-7-6-9-21(22)3)27(36)19-35(24-12-8-11-23(17-24)29(30,31)32)40(38,39)25-15-13-20(2)14-16-25/h6-17,26H,5,18-19H2,1-4H3,(H,33,37). The minimum absolute atomic E-state index is 0.00154. The second kappa shape index (κ2) is 12.5. The molecule has 0 aliphatic heterocycles. The van der Waals surface area contributed by atoms with Crippen molar-refractivity contribution in [2.75, 3.05) is 17.9 Å². The Morgan fingerprint density at radius 3 is 2.17 bits per heavy atom. The van der Waals surface area contributed by atoms with Crippen molar-refractivity contribution in [3.05, 3.63) is 95.1 Å². The third-order valence-electron chi connectivity index (χ3n) is 6.58. The molecule has 214 valence electrons. The molecule has 3 aromatic carbocycles. The van der Waals surface area contributed by atoms with Gasteiger partial charge < -0.3 is 10.2 Å². The van der Waals surface area contributed by atoms with E-state index in [4.69, 9.17) is 0 Å². The Labute approximate surface area is 232 Å². The lowest BCUT2D eigenvalue weighted by Crippen LogP contribution is -2.51. The van der Waals surface area contributed by atoms with Crippen LogP contribution < -0.4 is 9.62 Å². The molecule has 1 N–H and O–H groups in total. The zero-order chi connectivity index (χ0) is 29.7. The molecule has 0 aliphatic carbocycles. The van der Waals surface area contributed by atoms with Gasteiger partial charge in [0.25, 0.3) is 10.0 Å². The number of carbonyl (C=O) groups is 2. The number of sulfonamides is 1. The van der Waals surface area contributed by atoms with Gasteiger partial charge in [0.15, 0.2) is 0 Å². The van der Waals surface area contributed by atoms with E-state index in [1.807, 2.05) is 19.1 Å². The number of halogens is 3. The van der Waals surface area contributed by atoms with Gasteiger partial charge in [0, 0.05) is 13.6 Å². The van der Waals surface area contributed by atoms with Crippen molar-refractivity contribution >= 4 is 27.5 Å². The van der Waals surface area contributed by atoms with Crippen LogP contribution in [0.4, 0.5) is 18.9 Å². The summed E-state index contributed by atoms with van der Waals surface area (Å²) < 4.78 is 68.9. The van der Waals surface area contributed by atoms with Gasteiger partial charge in [-0.25, -0.2) is 8.42 Å². The summed E-state index contributed by atoms with van der Waals surface area (Å²) in [5, 5.41) is 2.53. The minimum Gasteiger partial charge on any atom is -0.357 e. The average molecular weight is 576 g/mol. The van der Waals surface area contributed by atoms with Crippen LogP contribution >= 0.6 is 0 Å². The fourth-order valence-corrected chi connectivity index (χ4v) is 5.67. The van der Waals surface area contributed by atoms with E-state index >= 15 is 0 Å². The van der Waals surface area contributed by atoms with Crippen molar-refractivity contribution in [1.29, 1.82) is 0 Å². The van der Waals surface area contributed by atoms with Gasteiger partial charge in [0.05, 0.1) is 16.1 Å². The molecule has 0 saturated heterocycles. The van der Waals surface area contributed by atoms with Crippen LogP contribution in [0.15, 0.2) is 77.7 Å². The van der Waals surface area contributed by atoms with E-state index in [0.29, 0.717) is 10.4 Å². The molecule has 1 unspecified atom stereocenters. The van der Waals surface area contributed by atoms with Gasteiger partial charge in [0.1, 0.15) is 12.6 Å². The number of amides is 2. The number of anilines is 1. The zero-order valence-corrected chi connectivity index (χ0v) is 23.5. The number of carbonyl (C=O) groups excluding carboxylic acids is 2. The number of hydrogen-bond donors (Lipinski definition) is 1. The van der Waals surface area contributed by atoms with Crippen molar-refractivity contribution in [2.24, 2.45) is 0 Å². The predicted molar refractivity (Wildman–Crippen MR) is 147 cm³/mol. The van der Waals surface area contributed by atoms with Gasteiger partial charge in [-0.1, -0.05) is 55.0 Å². The Morgan fingerprint density at radius 1 is 0.950 bits per heavy atom. The second-order valence-electron chi connectivity index (χ2n) is 9.36. The molecule has 0 fully saturated rings. The Morgan fingerprint density at radius 2 is 1.60 bits per heavy atom. The molecular weight excluding hydrogens is 543 g/mol. The van der Waals surface area contributed by atoms with Crippen molar-refractivity contribution < 1.29 is 31.2 Å². The summed E-state index contributed by atoms with van der Waals surface area (Å²) in [5.74, 6) is -1.19. The van der Waals surface area contributed by atoms with E-state index in [0.717, 1.165) is 28.8 Å². The highest BCUT2D eigenvalue weighted by molar-refractivity contribution is 7.92. The van der Waals surface area contributed by atoms with Crippen LogP contribution in [0, 0.1) is 13.8 Å². The van der Waals surface area contributed by atoms with Gasteiger partial charge in [-0.3, -0.25) is 13.9 Å². The van der Waals surface area contributed by atoms with Gasteiger partial charge >= 0.3 is 6.18 Å². The van der Waals surface area contributed by atoms with Crippen LogP contribution in [0.5, 0.6) is 0 Å². The van der Waals surface area contributed by atoms with Gasteiger partial charge in [-0.05, 0) is 61.7 Å². The maximum Gasteiger partial charge on any atom is 0.416 e. The van der Waals surface area contributed by atoms with Gasteiger partial charge in [-0.15, -0.1) is 0 Å².